The lowest BCUT2D eigenvalue weighted by atomic mass is 9.99. The van der Waals surface area contributed by atoms with E-state index in [9.17, 15) is 0 Å². The van der Waals surface area contributed by atoms with Crippen molar-refractivity contribution in [3.8, 4) is 17.2 Å². The minimum absolute atomic E-state index is 0. The molecule has 182 valence electrons. The first-order valence-corrected chi connectivity index (χ1v) is 10.6. The third-order valence-electron chi connectivity index (χ3n) is 6.23. The van der Waals surface area contributed by atoms with E-state index in [2.05, 4.69) is 21.7 Å². The van der Waals surface area contributed by atoms with Crippen LogP contribution in [0.5, 0.6) is 17.2 Å². The molecule has 3 rings (SSSR count). The van der Waals surface area contributed by atoms with Crippen LogP contribution in [0.15, 0.2) is 12.1 Å². The number of ether oxygens (including phenoxy) is 3. The quantitative estimate of drug-likeness (QED) is 0.469. The van der Waals surface area contributed by atoms with Crippen LogP contribution in [-0.2, 0) is 0 Å². The molecule has 1 aromatic carbocycles. The van der Waals surface area contributed by atoms with Gasteiger partial charge in [0.05, 0.1) is 21.3 Å². The summed E-state index contributed by atoms with van der Waals surface area (Å²) in [5.41, 5.74) is 1.09. The van der Waals surface area contributed by atoms with Crippen molar-refractivity contribution in [2.24, 2.45) is 0 Å². The molecule has 2 heterocycles. The number of halogens is 3. The molecule has 2 saturated heterocycles. The molecule has 0 aromatic heterocycles. The van der Waals surface area contributed by atoms with Crippen LogP contribution in [0.25, 0.3) is 0 Å². The Kier molecular flexibility index (Phi) is 14.7. The third-order valence-corrected chi connectivity index (χ3v) is 6.23. The monoisotopic (exact) mass is 499 g/mol. The number of hydrogen-bond acceptors (Lipinski definition) is 6. The summed E-state index contributed by atoms with van der Waals surface area (Å²) < 4.78 is 16.4. The molecule has 1 aromatic rings. The summed E-state index contributed by atoms with van der Waals surface area (Å²) >= 11 is 0. The van der Waals surface area contributed by atoms with Crippen LogP contribution in [0.4, 0.5) is 5.69 Å². The normalized spacial score (nSPS) is 18.5. The van der Waals surface area contributed by atoms with Gasteiger partial charge in [-0.1, -0.05) is 6.42 Å². The smallest absolute Gasteiger partial charge is 0.203 e. The van der Waals surface area contributed by atoms with Gasteiger partial charge < -0.3 is 24.0 Å². The molecule has 0 radical (unpaired) electrons. The zero-order valence-electron chi connectivity index (χ0n) is 19.3. The van der Waals surface area contributed by atoms with E-state index in [1.54, 1.807) is 21.3 Å². The van der Waals surface area contributed by atoms with Gasteiger partial charge in [-0.15, -0.1) is 37.2 Å². The predicted octanol–water partition coefficient (Wildman–Crippen LogP) is 4.36. The Bertz CT molecular complexity index is 614. The number of hydrogen-bond donors (Lipinski definition) is 0. The van der Waals surface area contributed by atoms with E-state index in [1.807, 2.05) is 12.1 Å². The molecule has 2 aliphatic rings. The van der Waals surface area contributed by atoms with E-state index in [1.165, 1.54) is 64.8 Å². The highest BCUT2D eigenvalue weighted by molar-refractivity contribution is 5.86. The van der Waals surface area contributed by atoms with Crippen LogP contribution in [0.3, 0.4) is 0 Å². The van der Waals surface area contributed by atoms with Gasteiger partial charge in [0.1, 0.15) is 0 Å². The van der Waals surface area contributed by atoms with Crippen LogP contribution in [-0.4, -0.2) is 83.5 Å². The predicted molar refractivity (Wildman–Crippen MR) is 136 cm³/mol. The molecule has 1 atom stereocenters. The van der Waals surface area contributed by atoms with E-state index in [0.717, 1.165) is 18.3 Å². The van der Waals surface area contributed by atoms with E-state index in [-0.39, 0.29) is 37.2 Å². The summed E-state index contributed by atoms with van der Waals surface area (Å²) in [6.45, 7) is 7.31. The maximum atomic E-state index is 5.48. The maximum absolute atomic E-state index is 5.48. The van der Waals surface area contributed by atoms with Gasteiger partial charge in [0, 0.05) is 57.1 Å². The van der Waals surface area contributed by atoms with Crippen molar-refractivity contribution in [1.29, 1.82) is 0 Å². The second-order valence-corrected chi connectivity index (χ2v) is 8.00. The lowest BCUT2D eigenvalue weighted by Crippen LogP contribution is -2.54. The first kappa shape index (κ1) is 30.2. The first-order valence-electron chi connectivity index (χ1n) is 10.6. The van der Waals surface area contributed by atoms with Crippen LogP contribution in [0.2, 0.25) is 0 Å². The van der Waals surface area contributed by atoms with Gasteiger partial charge in [-0.25, -0.2) is 0 Å². The van der Waals surface area contributed by atoms with Gasteiger partial charge >= 0.3 is 0 Å². The standard InChI is InChI=1S/C22H37N3O3.3ClH/c1-23(19-15-20(26-2)22(28-4)21(16-19)27-3)10-7-8-11-24-13-14-25-12-6-5-9-18(25)17-24;;;/h15-16,18H,5-14,17H2,1-4H3;3*1H. The van der Waals surface area contributed by atoms with E-state index in [4.69, 9.17) is 14.2 Å². The number of benzene rings is 1. The Morgan fingerprint density at radius 3 is 2.19 bits per heavy atom. The van der Waals surface area contributed by atoms with E-state index in [0.29, 0.717) is 17.2 Å². The zero-order valence-corrected chi connectivity index (χ0v) is 21.8. The molecule has 0 aliphatic carbocycles. The van der Waals surface area contributed by atoms with Gasteiger partial charge in [-0.3, -0.25) is 4.90 Å². The number of unbranched alkanes of at least 4 members (excludes halogenated alkanes) is 1. The number of rotatable bonds is 9. The topological polar surface area (TPSA) is 37.4 Å². The number of fused-ring (bicyclic) bond motifs is 1. The Balaban J connectivity index is 0.00000300. The highest BCUT2D eigenvalue weighted by Gasteiger charge is 2.28. The Morgan fingerprint density at radius 2 is 1.58 bits per heavy atom. The highest BCUT2D eigenvalue weighted by atomic mass is 35.5. The first-order chi connectivity index (χ1) is 13.7. The minimum atomic E-state index is 0. The molecule has 0 bridgehead atoms. The van der Waals surface area contributed by atoms with Crippen LogP contribution in [0, 0.1) is 0 Å². The summed E-state index contributed by atoms with van der Waals surface area (Å²) in [4.78, 5) is 7.65. The van der Waals surface area contributed by atoms with Crippen molar-refractivity contribution in [1.82, 2.24) is 9.80 Å². The van der Waals surface area contributed by atoms with Crippen molar-refractivity contribution in [3.05, 3.63) is 12.1 Å². The minimum Gasteiger partial charge on any atom is -0.493 e. The van der Waals surface area contributed by atoms with Crippen molar-refractivity contribution in [2.75, 3.05) is 72.5 Å². The average molecular weight is 501 g/mol. The van der Waals surface area contributed by atoms with Crippen LogP contribution in [0.1, 0.15) is 32.1 Å². The summed E-state index contributed by atoms with van der Waals surface area (Å²) in [7, 11) is 7.08. The fraction of sp³-hybridized carbons (Fsp3) is 0.727. The largest absolute Gasteiger partial charge is 0.493 e. The van der Waals surface area contributed by atoms with Gasteiger partial charge in [0.2, 0.25) is 5.75 Å². The number of anilines is 1. The summed E-state index contributed by atoms with van der Waals surface area (Å²) in [5, 5.41) is 0. The third kappa shape index (κ3) is 7.93. The Labute approximate surface area is 206 Å². The SMILES string of the molecule is COc1cc(N(C)CCCCN2CCN3CCCCC3C2)cc(OC)c1OC.Cl.Cl.Cl. The van der Waals surface area contributed by atoms with E-state index < -0.39 is 0 Å². The van der Waals surface area contributed by atoms with Gasteiger partial charge in [0.15, 0.2) is 11.5 Å². The average Bonchev–Trinajstić information content (AvgIpc) is 2.75. The van der Waals surface area contributed by atoms with Crippen molar-refractivity contribution >= 4 is 42.9 Å². The molecule has 0 N–H and O–H groups in total. The van der Waals surface area contributed by atoms with Crippen LogP contribution < -0.4 is 19.1 Å². The number of methoxy groups -OCH3 is 3. The van der Waals surface area contributed by atoms with Gasteiger partial charge in [-0.2, -0.15) is 0 Å². The van der Waals surface area contributed by atoms with Crippen LogP contribution >= 0.6 is 37.2 Å². The summed E-state index contributed by atoms with van der Waals surface area (Å²) in [6, 6.07) is 4.84. The molecule has 9 heteroatoms. The molecular formula is C22H40Cl3N3O3. The molecule has 0 amide bonds. The van der Waals surface area contributed by atoms with Crippen molar-refractivity contribution in [2.45, 2.75) is 38.1 Å². The molecule has 2 aliphatic heterocycles. The lowest BCUT2D eigenvalue weighted by molar-refractivity contribution is 0.0488. The molecule has 0 spiro atoms. The fourth-order valence-corrected chi connectivity index (χ4v) is 4.52. The van der Waals surface area contributed by atoms with Gasteiger partial charge in [-0.05, 0) is 38.8 Å². The summed E-state index contributed by atoms with van der Waals surface area (Å²) in [5.74, 6) is 2.05. The number of nitrogens with zero attached hydrogens (tertiary/aromatic N) is 3. The Hall–Kier alpha value is -0.790. The lowest BCUT2D eigenvalue weighted by Gasteiger charge is -2.44. The van der Waals surface area contributed by atoms with Gasteiger partial charge in [0.25, 0.3) is 0 Å². The molecule has 6 nitrogen and oxygen atoms in total. The summed E-state index contributed by atoms with van der Waals surface area (Å²) in [6.07, 6.45) is 6.61. The Morgan fingerprint density at radius 1 is 0.903 bits per heavy atom. The van der Waals surface area contributed by atoms with E-state index >= 15 is 0 Å². The second kappa shape index (κ2) is 15.1. The zero-order chi connectivity index (χ0) is 19.9. The number of piperazine rings is 1. The second-order valence-electron chi connectivity index (χ2n) is 8.00. The molecule has 0 saturated carbocycles. The number of piperidine rings is 1. The molecule has 2 fully saturated rings. The maximum Gasteiger partial charge on any atom is 0.203 e. The molecule has 31 heavy (non-hydrogen) atoms. The molecule has 1 unspecified atom stereocenters. The van der Waals surface area contributed by atoms with Crippen molar-refractivity contribution < 1.29 is 14.2 Å². The molecular weight excluding hydrogens is 461 g/mol. The fourth-order valence-electron chi connectivity index (χ4n) is 4.52. The van der Waals surface area contributed by atoms with Crippen molar-refractivity contribution in [3.63, 3.8) is 0 Å². The highest BCUT2D eigenvalue weighted by Crippen LogP contribution is 2.40.